The molecule has 0 amide bonds. The molecule has 3 aromatic heterocycles. The maximum atomic E-state index is 13.5. The highest BCUT2D eigenvalue weighted by molar-refractivity contribution is 7.18. The van der Waals surface area contributed by atoms with E-state index < -0.39 is 0 Å². The van der Waals surface area contributed by atoms with Gasteiger partial charge in [0.15, 0.2) is 0 Å². The number of aromatic nitrogens is 2. The maximum Gasteiger partial charge on any atom is 0.262 e. The molecule has 1 aliphatic rings. The Morgan fingerprint density at radius 2 is 2.03 bits per heavy atom. The smallest absolute Gasteiger partial charge is 0.262 e. The largest absolute Gasteiger partial charge is 0.468 e. The van der Waals surface area contributed by atoms with Crippen LogP contribution in [0.3, 0.4) is 0 Å². The van der Waals surface area contributed by atoms with Gasteiger partial charge >= 0.3 is 0 Å². The van der Waals surface area contributed by atoms with Gasteiger partial charge in [0, 0.05) is 10.9 Å². The Kier molecular flexibility index (Phi) is 4.89. The Morgan fingerprint density at radius 1 is 1.12 bits per heavy atom. The predicted molar refractivity (Wildman–Crippen MR) is 128 cm³/mol. The van der Waals surface area contributed by atoms with Crippen molar-refractivity contribution in [2.75, 3.05) is 0 Å². The zero-order valence-corrected chi connectivity index (χ0v) is 18.4. The summed E-state index contributed by atoms with van der Waals surface area (Å²) in [6.07, 6.45) is 6.26. The molecule has 3 heterocycles. The van der Waals surface area contributed by atoms with E-state index >= 15 is 0 Å². The van der Waals surface area contributed by atoms with Crippen LogP contribution in [-0.4, -0.2) is 15.6 Å². The van der Waals surface area contributed by atoms with E-state index in [0.717, 1.165) is 47.3 Å². The molecule has 0 radical (unpaired) electrons. The number of furan rings is 1. The molecule has 0 bridgehead atoms. The second-order valence-electron chi connectivity index (χ2n) is 8.40. The number of hydrogen-bond acceptors (Lipinski definition) is 5. The van der Waals surface area contributed by atoms with E-state index in [1.165, 1.54) is 21.2 Å². The fourth-order valence-electron chi connectivity index (χ4n) is 4.76. The molecule has 5 aromatic rings. The van der Waals surface area contributed by atoms with Gasteiger partial charge < -0.3 is 9.73 Å². The van der Waals surface area contributed by atoms with E-state index in [1.807, 2.05) is 24.3 Å². The fraction of sp³-hybridized carbons (Fsp3) is 0.231. The van der Waals surface area contributed by atoms with Crippen LogP contribution in [0.5, 0.6) is 0 Å². The summed E-state index contributed by atoms with van der Waals surface area (Å²) in [5.74, 6) is 0.949. The van der Waals surface area contributed by atoms with Crippen LogP contribution in [0.2, 0.25) is 0 Å². The minimum absolute atomic E-state index is 0.0717. The Bertz CT molecular complexity index is 1460. The van der Waals surface area contributed by atoms with Crippen LogP contribution in [0.25, 0.3) is 21.0 Å². The van der Waals surface area contributed by atoms with Crippen LogP contribution >= 0.6 is 11.3 Å². The van der Waals surface area contributed by atoms with E-state index in [-0.39, 0.29) is 5.56 Å². The average Bonchev–Trinajstić information content (AvgIpc) is 3.47. The zero-order valence-electron chi connectivity index (χ0n) is 17.6. The van der Waals surface area contributed by atoms with Gasteiger partial charge in [-0.15, -0.1) is 11.3 Å². The standard InChI is InChI=1S/C26H23N3O2S/c30-26-24-22-11-10-19(27-14-20-8-4-12-31-20)13-23(22)32-25(24)28-16-29(26)15-18-7-3-6-17-5-1-2-9-21(17)18/h1-9,12,16,19,27H,10-11,13-15H2. The second kappa shape index (κ2) is 8.04. The van der Waals surface area contributed by atoms with Gasteiger partial charge in [0.05, 0.1) is 31.1 Å². The number of rotatable bonds is 5. The van der Waals surface area contributed by atoms with E-state index in [9.17, 15) is 4.79 Å². The molecule has 1 unspecified atom stereocenters. The first-order valence-electron chi connectivity index (χ1n) is 11.0. The Labute approximate surface area is 189 Å². The number of nitrogens with one attached hydrogen (secondary N) is 1. The van der Waals surface area contributed by atoms with Crippen LogP contribution in [0.15, 0.2) is 76.4 Å². The first kappa shape index (κ1) is 19.5. The summed E-state index contributed by atoms with van der Waals surface area (Å²) < 4.78 is 7.19. The first-order valence-corrected chi connectivity index (χ1v) is 11.8. The van der Waals surface area contributed by atoms with Gasteiger partial charge in [-0.1, -0.05) is 42.5 Å². The number of benzene rings is 2. The first-order chi connectivity index (χ1) is 15.8. The highest BCUT2D eigenvalue weighted by Crippen LogP contribution is 2.34. The monoisotopic (exact) mass is 441 g/mol. The van der Waals surface area contributed by atoms with Crippen LogP contribution in [-0.2, 0) is 25.9 Å². The van der Waals surface area contributed by atoms with Crippen molar-refractivity contribution in [3.8, 4) is 0 Å². The molecule has 0 fully saturated rings. The molecule has 0 saturated carbocycles. The summed E-state index contributed by atoms with van der Waals surface area (Å²) in [6.45, 7) is 1.26. The molecule has 160 valence electrons. The molecule has 6 heteroatoms. The summed E-state index contributed by atoms with van der Waals surface area (Å²) in [5, 5.41) is 6.78. The third-order valence-corrected chi connectivity index (χ3v) is 7.56. The topological polar surface area (TPSA) is 60.1 Å². The minimum Gasteiger partial charge on any atom is -0.468 e. The van der Waals surface area contributed by atoms with Gasteiger partial charge in [-0.3, -0.25) is 9.36 Å². The number of hydrogen-bond donors (Lipinski definition) is 1. The molecule has 32 heavy (non-hydrogen) atoms. The van der Waals surface area contributed by atoms with Crippen LogP contribution in [0.4, 0.5) is 0 Å². The summed E-state index contributed by atoms with van der Waals surface area (Å²) in [4.78, 5) is 20.3. The number of aryl methyl sites for hydroxylation is 1. The summed E-state index contributed by atoms with van der Waals surface area (Å²) in [7, 11) is 0. The molecule has 5 nitrogen and oxygen atoms in total. The molecule has 0 aliphatic heterocycles. The molecule has 1 aliphatic carbocycles. The summed E-state index contributed by atoms with van der Waals surface area (Å²) >= 11 is 1.67. The molecule has 1 atom stereocenters. The number of thiophene rings is 1. The minimum atomic E-state index is 0.0717. The lowest BCUT2D eigenvalue weighted by molar-refractivity contribution is 0.419. The van der Waals surface area contributed by atoms with Crippen molar-refractivity contribution >= 4 is 32.3 Å². The van der Waals surface area contributed by atoms with E-state index in [0.29, 0.717) is 12.6 Å². The van der Waals surface area contributed by atoms with Crippen LogP contribution < -0.4 is 10.9 Å². The lowest BCUT2D eigenvalue weighted by Gasteiger charge is -2.23. The van der Waals surface area contributed by atoms with Crippen LogP contribution in [0.1, 0.15) is 28.2 Å². The average molecular weight is 442 g/mol. The maximum absolute atomic E-state index is 13.5. The van der Waals surface area contributed by atoms with Crippen LogP contribution in [0, 0.1) is 0 Å². The molecule has 0 spiro atoms. The van der Waals surface area contributed by atoms with Crippen molar-refractivity contribution in [2.24, 2.45) is 0 Å². The highest BCUT2D eigenvalue weighted by Gasteiger charge is 2.25. The van der Waals surface area contributed by atoms with E-state index in [2.05, 4.69) is 40.6 Å². The quantitative estimate of drug-likeness (QED) is 0.421. The predicted octanol–water partition coefficient (Wildman–Crippen LogP) is 4.90. The van der Waals surface area contributed by atoms with Gasteiger partial charge in [-0.25, -0.2) is 4.98 Å². The normalized spacial score (nSPS) is 15.9. The molecule has 1 N–H and O–H groups in total. The Balaban J connectivity index is 1.30. The second-order valence-corrected chi connectivity index (χ2v) is 9.48. The van der Waals surface area contributed by atoms with Crippen molar-refractivity contribution in [3.05, 3.63) is 99.3 Å². The third kappa shape index (κ3) is 3.45. The SMILES string of the molecule is O=c1c2c3c(sc2ncn1Cc1cccc2ccccc12)CC(NCc1ccco1)CC3. The third-order valence-electron chi connectivity index (χ3n) is 6.40. The summed E-state index contributed by atoms with van der Waals surface area (Å²) in [6, 6.07) is 18.8. The molecular formula is C26H23N3O2S. The Hall–Kier alpha value is -3.22. The molecule has 0 saturated heterocycles. The van der Waals surface area contributed by atoms with Gasteiger partial charge in [0.25, 0.3) is 5.56 Å². The number of nitrogens with zero attached hydrogens (tertiary/aromatic N) is 2. The van der Waals surface area contributed by atoms with Crippen molar-refractivity contribution in [2.45, 2.75) is 38.4 Å². The van der Waals surface area contributed by atoms with Gasteiger partial charge in [-0.05, 0) is 53.3 Å². The number of fused-ring (bicyclic) bond motifs is 4. The Morgan fingerprint density at radius 3 is 2.94 bits per heavy atom. The molecule has 2 aromatic carbocycles. The lowest BCUT2D eigenvalue weighted by atomic mass is 9.93. The van der Waals surface area contributed by atoms with Crippen molar-refractivity contribution in [1.29, 1.82) is 0 Å². The highest BCUT2D eigenvalue weighted by atomic mass is 32.1. The van der Waals surface area contributed by atoms with Crippen molar-refractivity contribution < 1.29 is 4.42 Å². The molecule has 6 rings (SSSR count). The van der Waals surface area contributed by atoms with E-state index in [4.69, 9.17) is 4.42 Å². The van der Waals surface area contributed by atoms with Crippen molar-refractivity contribution in [1.82, 2.24) is 14.9 Å². The van der Waals surface area contributed by atoms with Crippen molar-refractivity contribution in [3.63, 3.8) is 0 Å². The lowest BCUT2D eigenvalue weighted by Crippen LogP contribution is -2.33. The van der Waals surface area contributed by atoms with E-state index in [1.54, 1.807) is 28.5 Å². The van der Waals surface area contributed by atoms with Gasteiger partial charge in [-0.2, -0.15) is 0 Å². The summed E-state index contributed by atoms with van der Waals surface area (Å²) in [5.41, 5.74) is 2.41. The molecular weight excluding hydrogens is 418 g/mol. The fourth-order valence-corrected chi connectivity index (χ4v) is 6.02. The van der Waals surface area contributed by atoms with Gasteiger partial charge in [0.2, 0.25) is 0 Å². The zero-order chi connectivity index (χ0) is 21.5. The van der Waals surface area contributed by atoms with Gasteiger partial charge in [0.1, 0.15) is 10.6 Å².